The molecule has 0 aromatic carbocycles. The van der Waals surface area contributed by atoms with Gasteiger partial charge in [-0.3, -0.25) is 4.98 Å². The van der Waals surface area contributed by atoms with Crippen LogP contribution in [0, 0.1) is 5.92 Å². The van der Waals surface area contributed by atoms with Gasteiger partial charge < -0.3 is 5.11 Å². The number of hydrogen-bond donors (Lipinski definition) is 2. The highest BCUT2D eigenvalue weighted by Gasteiger charge is 2.23. The lowest BCUT2D eigenvalue weighted by Crippen LogP contribution is -2.41. The summed E-state index contributed by atoms with van der Waals surface area (Å²) in [6.07, 6.45) is 3.35. The number of rotatable bonds is 6. The van der Waals surface area contributed by atoms with Crippen LogP contribution in [0.5, 0.6) is 0 Å². The minimum Gasteiger partial charge on any atom is -0.395 e. The van der Waals surface area contributed by atoms with Crippen LogP contribution in [-0.4, -0.2) is 31.2 Å². The average Bonchev–Trinajstić information content (AvgIpc) is 2.35. The lowest BCUT2D eigenvalue weighted by atomic mass is 10.0. The van der Waals surface area contributed by atoms with Crippen LogP contribution in [0.25, 0.3) is 0 Å². The van der Waals surface area contributed by atoms with E-state index in [0.29, 0.717) is 0 Å². The van der Waals surface area contributed by atoms with Crippen molar-refractivity contribution in [3.05, 3.63) is 23.5 Å². The third-order valence-electron chi connectivity index (χ3n) is 2.82. The van der Waals surface area contributed by atoms with E-state index >= 15 is 0 Å². The van der Waals surface area contributed by atoms with Crippen LogP contribution in [0.4, 0.5) is 0 Å². The molecule has 0 saturated carbocycles. The van der Waals surface area contributed by atoms with Gasteiger partial charge >= 0.3 is 0 Å². The molecule has 0 aliphatic heterocycles. The summed E-state index contributed by atoms with van der Waals surface area (Å²) in [6.45, 7) is 3.56. The van der Waals surface area contributed by atoms with Crippen LogP contribution < -0.4 is 4.72 Å². The van der Waals surface area contributed by atoms with E-state index in [2.05, 4.69) is 9.71 Å². The Hall–Kier alpha value is -0.690. The minimum atomic E-state index is -3.71. The Morgan fingerprint density at radius 2 is 2.17 bits per heavy atom. The van der Waals surface area contributed by atoms with E-state index in [0.717, 1.165) is 6.42 Å². The third-order valence-corrected chi connectivity index (χ3v) is 4.49. The maximum absolute atomic E-state index is 12.1. The maximum atomic E-state index is 12.1. The van der Waals surface area contributed by atoms with Crippen LogP contribution >= 0.6 is 11.6 Å². The minimum absolute atomic E-state index is 0.00301. The van der Waals surface area contributed by atoms with E-state index in [1.807, 2.05) is 13.8 Å². The molecule has 0 unspecified atom stereocenters. The zero-order valence-electron chi connectivity index (χ0n) is 10.3. The average molecular weight is 293 g/mol. The highest BCUT2D eigenvalue weighted by atomic mass is 35.5. The summed E-state index contributed by atoms with van der Waals surface area (Å²) < 4.78 is 26.6. The van der Waals surface area contributed by atoms with Crippen molar-refractivity contribution in [1.29, 1.82) is 0 Å². The molecule has 0 amide bonds. The quantitative estimate of drug-likeness (QED) is 0.831. The Balaban J connectivity index is 2.94. The van der Waals surface area contributed by atoms with Gasteiger partial charge in [-0.25, -0.2) is 13.1 Å². The SMILES string of the molecule is CC[C@H](C)[C@@H](CO)NS(=O)(=O)c1cncc(Cl)c1. The molecule has 7 heteroatoms. The fourth-order valence-electron chi connectivity index (χ4n) is 1.42. The number of halogens is 1. The predicted molar refractivity (Wildman–Crippen MR) is 69.9 cm³/mol. The summed E-state index contributed by atoms with van der Waals surface area (Å²) >= 11 is 5.71. The molecule has 102 valence electrons. The smallest absolute Gasteiger partial charge is 0.242 e. The third kappa shape index (κ3) is 3.91. The largest absolute Gasteiger partial charge is 0.395 e. The van der Waals surface area contributed by atoms with E-state index in [1.54, 1.807) is 0 Å². The monoisotopic (exact) mass is 292 g/mol. The standard InChI is InChI=1S/C11H17ClN2O3S/c1-3-8(2)11(7-15)14-18(16,17)10-4-9(12)5-13-6-10/h4-6,8,11,14-15H,3,7H2,1-2H3/t8-,11+/m0/s1. The van der Waals surface area contributed by atoms with Crippen LogP contribution in [0.15, 0.2) is 23.4 Å². The van der Waals surface area contributed by atoms with Crippen LogP contribution in [0.1, 0.15) is 20.3 Å². The van der Waals surface area contributed by atoms with Gasteiger partial charge in [-0.05, 0) is 12.0 Å². The molecule has 0 saturated heterocycles. The van der Waals surface area contributed by atoms with Gasteiger partial charge in [0.05, 0.1) is 11.6 Å². The molecular formula is C11H17ClN2O3S. The maximum Gasteiger partial charge on any atom is 0.242 e. The van der Waals surface area contributed by atoms with Gasteiger partial charge in [-0.2, -0.15) is 0 Å². The summed E-state index contributed by atoms with van der Waals surface area (Å²) in [6, 6.07) is 0.807. The number of sulfonamides is 1. The van der Waals surface area contributed by atoms with E-state index in [9.17, 15) is 13.5 Å². The first kappa shape index (κ1) is 15.4. The highest BCUT2D eigenvalue weighted by Crippen LogP contribution is 2.16. The Morgan fingerprint density at radius 3 is 2.67 bits per heavy atom. The van der Waals surface area contributed by atoms with Crippen molar-refractivity contribution in [2.45, 2.75) is 31.2 Å². The molecule has 1 aromatic heterocycles. The number of aliphatic hydroxyl groups excluding tert-OH is 1. The Morgan fingerprint density at radius 1 is 1.50 bits per heavy atom. The first-order valence-electron chi connectivity index (χ1n) is 5.64. The molecule has 2 atom stereocenters. The zero-order valence-corrected chi connectivity index (χ0v) is 11.9. The van der Waals surface area contributed by atoms with Crippen molar-refractivity contribution < 1.29 is 13.5 Å². The fraction of sp³-hybridized carbons (Fsp3) is 0.545. The number of aromatic nitrogens is 1. The highest BCUT2D eigenvalue weighted by molar-refractivity contribution is 7.89. The van der Waals surface area contributed by atoms with Crippen molar-refractivity contribution in [3.8, 4) is 0 Å². The molecule has 18 heavy (non-hydrogen) atoms. The molecule has 5 nitrogen and oxygen atoms in total. The van der Waals surface area contributed by atoms with E-state index in [4.69, 9.17) is 11.6 Å². The lowest BCUT2D eigenvalue weighted by Gasteiger charge is -2.21. The number of pyridine rings is 1. The number of aliphatic hydroxyl groups is 1. The Labute approximate surface area is 112 Å². The second-order valence-corrected chi connectivity index (χ2v) is 6.29. The van der Waals surface area contributed by atoms with Gasteiger partial charge in [0.2, 0.25) is 10.0 Å². The molecule has 0 bridgehead atoms. The van der Waals surface area contributed by atoms with Crippen molar-refractivity contribution in [3.63, 3.8) is 0 Å². The fourth-order valence-corrected chi connectivity index (χ4v) is 2.99. The molecule has 1 heterocycles. The van der Waals surface area contributed by atoms with E-state index in [1.165, 1.54) is 18.5 Å². The van der Waals surface area contributed by atoms with Gasteiger partial charge in [0.1, 0.15) is 4.90 Å². The van der Waals surface area contributed by atoms with Crippen molar-refractivity contribution in [2.24, 2.45) is 5.92 Å². The normalized spacial score (nSPS) is 15.3. The van der Waals surface area contributed by atoms with Gasteiger partial charge in [-0.15, -0.1) is 0 Å². The number of nitrogens with zero attached hydrogens (tertiary/aromatic N) is 1. The van der Waals surface area contributed by atoms with Crippen molar-refractivity contribution in [2.75, 3.05) is 6.61 Å². The van der Waals surface area contributed by atoms with Gasteiger partial charge in [0, 0.05) is 18.4 Å². The summed E-state index contributed by atoms with van der Waals surface area (Å²) in [7, 11) is -3.71. The van der Waals surface area contributed by atoms with Crippen LogP contribution in [0.3, 0.4) is 0 Å². The molecule has 0 aliphatic rings. The molecule has 0 radical (unpaired) electrons. The first-order chi connectivity index (χ1) is 8.40. The Kier molecular flexibility index (Phi) is 5.52. The second-order valence-electron chi connectivity index (χ2n) is 4.13. The molecular weight excluding hydrogens is 276 g/mol. The summed E-state index contributed by atoms with van der Waals surface area (Å²) in [4.78, 5) is 3.73. The topological polar surface area (TPSA) is 79.3 Å². The molecule has 1 aromatic rings. The summed E-state index contributed by atoms with van der Waals surface area (Å²) in [5, 5.41) is 9.48. The molecule has 0 aliphatic carbocycles. The van der Waals surface area contributed by atoms with E-state index < -0.39 is 16.1 Å². The lowest BCUT2D eigenvalue weighted by molar-refractivity contribution is 0.219. The van der Waals surface area contributed by atoms with Gasteiger partial charge in [-0.1, -0.05) is 31.9 Å². The number of nitrogens with one attached hydrogen (secondary N) is 1. The molecule has 0 fully saturated rings. The molecule has 1 rings (SSSR count). The second kappa shape index (κ2) is 6.47. The molecule has 2 N–H and O–H groups in total. The predicted octanol–water partition coefficient (Wildman–Crippen LogP) is 1.42. The van der Waals surface area contributed by atoms with Crippen LogP contribution in [-0.2, 0) is 10.0 Å². The van der Waals surface area contributed by atoms with Crippen molar-refractivity contribution >= 4 is 21.6 Å². The zero-order chi connectivity index (χ0) is 13.8. The number of hydrogen-bond acceptors (Lipinski definition) is 4. The molecule has 0 spiro atoms. The van der Waals surface area contributed by atoms with Gasteiger partial charge in [0.25, 0.3) is 0 Å². The van der Waals surface area contributed by atoms with Crippen LogP contribution in [0.2, 0.25) is 5.02 Å². The summed E-state index contributed by atoms with van der Waals surface area (Å²) in [5.74, 6) is 0.0388. The Bertz CT molecular complexity index is 493. The van der Waals surface area contributed by atoms with Gasteiger partial charge in [0.15, 0.2) is 0 Å². The first-order valence-corrected chi connectivity index (χ1v) is 7.50. The van der Waals surface area contributed by atoms with E-state index in [-0.39, 0.29) is 22.4 Å². The van der Waals surface area contributed by atoms with Crippen molar-refractivity contribution in [1.82, 2.24) is 9.71 Å². The summed E-state index contributed by atoms with van der Waals surface area (Å²) in [5.41, 5.74) is 0.